The van der Waals surface area contributed by atoms with E-state index in [2.05, 4.69) is 10.0 Å². The molecule has 134 valence electrons. The Hall–Kier alpha value is -1.90. The second-order valence-corrected chi connectivity index (χ2v) is 7.88. The zero-order chi connectivity index (χ0) is 18.3. The van der Waals surface area contributed by atoms with Crippen LogP contribution in [0.15, 0.2) is 58.3 Å². The van der Waals surface area contributed by atoms with Crippen LogP contribution in [0.3, 0.4) is 0 Å². The SMILES string of the molecule is CSc1cccc(NC(=O)CCCNS(=O)(=O)c2ccc(F)cc2)c1. The van der Waals surface area contributed by atoms with Gasteiger partial charge in [-0.3, -0.25) is 4.79 Å². The lowest BCUT2D eigenvalue weighted by atomic mass is 10.2. The van der Waals surface area contributed by atoms with Crippen molar-refractivity contribution in [3.05, 3.63) is 54.3 Å². The van der Waals surface area contributed by atoms with Crippen molar-refractivity contribution in [2.45, 2.75) is 22.6 Å². The number of hydrogen-bond donors (Lipinski definition) is 2. The third-order valence-electron chi connectivity index (χ3n) is 3.35. The van der Waals surface area contributed by atoms with Crippen molar-refractivity contribution in [3.8, 4) is 0 Å². The van der Waals surface area contributed by atoms with Crippen molar-refractivity contribution < 1.29 is 17.6 Å². The molecule has 1 amide bonds. The number of hydrogen-bond acceptors (Lipinski definition) is 4. The highest BCUT2D eigenvalue weighted by atomic mass is 32.2. The Balaban J connectivity index is 1.78. The Morgan fingerprint density at radius 3 is 2.56 bits per heavy atom. The first-order valence-corrected chi connectivity index (χ1v) is 10.3. The molecule has 2 aromatic rings. The maximum atomic E-state index is 12.8. The van der Waals surface area contributed by atoms with E-state index in [-0.39, 0.29) is 23.8 Å². The third kappa shape index (κ3) is 6.15. The summed E-state index contributed by atoms with van der Waals surface area (Å²) in [6.07, 6.45) is 2.50. The molecule has 25 heavy (non-hydrogen) atoms. The van der Waals surface area contributed by atoms with Crippen molar-refractivity contribution in [2.75, 3.05) is 18.1 Å². The molecule has 0 radical (unpaired) electrons. The molecule has 0 aliphatic heterocycles. The maximum absolute atomic E-state index is 12.8. The van der Waals surface area contributed by atoms with E-state index >= 15 is 0 Å². The van der Waals surface area contributed by atoms with Crippen molar-refractivity contribution in [2.24, 2.45) is 0 Å². The predicted molar refractivity (Wildman–Crippen MR) is 97.7 cm³/mol. The predicted octanol–water partition coefficient (Wildman–Crippen LogP) is 3.24. The highest BCUT2D eigenvalue weighted by Crippen LogP contribution is 2.19. The second-order valence-electron chi connectivity index (χ2n) is 5.24. The number of amides is 1. The highest BCUT2D eigenvalue weighted by molar-refractivity contribution is 7.98. The molecule has 5 nitrogen and oxygen atoms in total. The summed E-state index contributed by atoms with van der Waals surface area (Å²) in [6.45, 7) is 0.123. The van der Waals surface area contributed by atoms with E-state index in [1.165, 1.54) is 12.1 Å². The van der Waals surface area contributed by atoms with Crippen molar-refractivity contribution >= 4 is 33.4 Å². The Labute approximate surface area is 151 Å². The summed E-state index contributed by atoms with van der Waals surface area (Å²) < 4.78 is 39.3. The highest BCUT2D eigenvalue weighted by Gasteiger charge is 2.13. The van der Waals surface area contributed by atoms with E-state index < -0.39 is 15.8 Å². The molecular weight excluding hydrogens is 363 g/mol. The zero-order valence-electron chi connectivity index (χ0n) is 13.7. The average Bonchev–Trinajstić information content (AvgIpc) is 2.59. The quantitative estimate of drug-likeness (QED) is 0.543. The van der Waals surface area contributed by atoms with Crippen LogP contribution in [0.1, 0.15) is 12.8 Å². The Kier molecular flexibility index (Phi) is 6.98. The molecule has 0 aliphatic carbocycles. The van der Waals surface area contributed by atoms with Gasteiger partial charge in [-0.2, -0.15) is 0 Å². The molecule has 0 aromatic heterocycles. The van der Waals surface area contributed by atoms with E-state index in [0.717, 1.165) is 17.0 Å². The molecule has 2 rings (SSSR count). The molecule has 0 saturated heterocycles. The molecule has 8 heteroatoms. The summed E-state index contributed by atoms with van der Waals surface area (Å²) in [5.74, 6) is -0.680. The van der Waals surface area contributed by atoms with Gasteiger partial charge in [0.15, 0.2) is 0 Å². The monoisotopic (exact) mass is 382 g/mol. The first kappa shape index (κ1) is 19.4. The number of nitrogens with one attached hydrogen (secondary N) is 2. The number of carbonyl (C=O) groups is 1. The number of benzene rings is 2. The van der Waals surface area contributed by atoms with Crippen LogP contribution in [0.4, 0.5) is 10.1 Å². The van der Waals surface area contributed by atoms with Crippen LogP contribution in [0.5, 0.6) is 0 Å². The Morgan fingerprint density at radius 1 is 1.16 bits per heavy atom. The van der Waals surface area contributed by atoms with E-state index in [1.54, 1.807) is 17.8 Å². The third-order valence-corrected chi connectivity index (χ3v) is 5.55. The average molecular weight is 382 g/mol. The summed E-state index contributed by atoms with van der Waals surface area (Å²) in [5.41, 5.74) is 0.712. The topological polar surface area (TPSA) is 75.3 Å². The standard InChI is InChI=1S/C17H19FN2O3S2/c1-24-15-5-2-4-14(12-15)20-17(21)6-3-11-19-25(22,23)16-9-7-13(18)8-10-16/h2,4-5,7-10,12,19H,3,6,11H2,1H3,(H,20,21). The van der Waals surface area contributed by atoms with Crippen LogP contribution >= 0.6 is 11.8 Å². The van der Waals surface area contributed by atoms with Gasteiger partial charge in [-0.05, 0) is 55.1 Å². The molecule has 2 N–H and O–H groups in total. The summed E-state index contributed by atoms with van der Waals surface area (Å²) >= 11 is 1.58. The summed E-state index contributed by atoms with van der Waals surface area (Å²) in [7, 11) is -3.69. The van der Waals surface area contributed by atoms with E-state index in [1.807, 2.05) is 24.5 Å². The second kappa shape index (κ2) is 8.98. The summed E-state index contributed by atoms with van der Waals surface area (Å²) in [5, 5.41) is 2.78. The van der Waals surface area contributed by atoms with Gasteiger partial charge in [0.05, 0.1) is 4.90 Å². The fraction of sp³-hybridized carbons (Fsp3) is 0.235. The molecule has 0 spiro atoms. The molecule has 0 saturated carbocycles. The Morgan fingerprint density at radius 2 is 1.88 bits per heavy atom. The lowest BCUT2D eigenvalue weighted by Gasteiger charge is -2.08. The van der Waals surface area contributed by atoms with Crippen LogP contribution in [0.2, 0.25) is 0 Å². The summed E-state index contributed by atoms with van der Waals surface area (Å²) in [4.78, 5) is 12.9. The minimum absolute atomic E-state index is 0.00719. The van der Waals surface area contributed by atoms with Gasteiger partial charge in [-0.25, -0.2) is 17.5 Å². The normalized spacial score (nSPS) is 11.3. The smallest absolute Gasteiger partial charge is 0.240 e. The number of anilines is 1. The van der Waals surface area contributed by atoms with E-state index in [0.29, 0.717) is 12.1 Å². The molecule has 0 fully saturated rings. The zero-order valence-corrected chi connectivity index (χ0v) is 15.3. The number of rotatable bonds is 8. The van der Waals surface area contributed by atoms with Crippen LogP contribution in [-0.4, -0.2) is 27.1 Å². The number of halogens is 1. The van der Waals surface area contributed by atoms with Gasteiger partial charge in [-0.15, -0.1) is 11.8 Å². The number of carbonyl (C=O) groups excluding carboxylic acids is 1. The van der Waals surface area contributed by atoms with Gasteiger partial charge in [0.1, 0.15) is 5.82 Å². The van der Waals surface area contributed by atoms with Crippen LogP contribution < -0.4 is 10.0 Å². The molecule has 0 unspecified atom stereocenters. The maximum Gasteiger partial charge on any atom is 0.240 e. The van der Waals surface area contributed by atoms with E-state index in [4.69, 9.17) is 0 Å². The lowest BCUT2D eigenvalue weighted by molar-refractivity contribution is -0.116. The minimum Gasteiger partial charge on any atom is -0.326 e. The van der Waals surface area contributed by atoms with Crippen LogP contribution in [0.25, 0.3) is 0 Å². The van der Waals surface area contributed by atoms with Crippen molar-refractivity contribution in [1.29, 1.82) is 0 Å². The first-order chi connectivity index (χ1) is 11.9. The van der Waals surface area contributed by atoms with Crippen molar-refractivity contribution in [1.82, 2.24) is 4.72 Å². The van der Waals surface area contributed by atoms with Gasteiger partial charge in [-0.1, -0.05) is 6.07 Å². The van der Waals surface area contributed by atoms with Gasteiger partial charge in [0.25, 0.3) is 0 Å². The van der Waals surface area contributed by atoms with E-state index in [9.17, 15) is 17.6 Å². The van der Waals surface area contributed by atoms with Gasteiger partial charge in [0.2, 0.25) is 15.9 Å². The molecule has 0 bridgehead atoms. The summed E-state index contributed by atoms with van der Waals surface area (Å²) in [6, 6.07) is 12.1. The minimum atomic E-state index is -3.69. The van der Waals surface area contributed by atoms with Crippen molar-refractivity contribution in [3.63, 3.8) is 0 Å². The van der Waals surface area contributed by atoms with Crippen LogP contribution in [0, 0.1) is 5.82 Å². The molecule has 0 atom stereocenters. The fourth-order valence-corrected chi connectivity index (χ4v) is 3.61. The number of thioether (sulfide) groups is 1. The van der Waals surface area contributed by atoms with Gasteiger partial charge in [0, 0.05) is 23.5 Å². The Bertz CT molecular complexity index is 824. The van der Waals surface area contributed by atoms with Gasteiger partial charge >= 0.3 is 0 Å². The fourth-order valence-electron chi connectivity index (χ4n) is 2.08. The molecular formula is C17H19FN2O3S2. The lowest BCUT2D eigenvalue weighted by Crippen LogP contribution is -2.25. The molecule has 0 aliphatic rings. The number of sulfonamides is 1. The molecule has 2 aromatic carbocycles. The first-order valence-electron chi connectivity index (χ1n) is 7.60. The largest absolute Gasteiger partial charge is 0.326 e. The van der Waals surface area contributed by atoms with Gasteiger partial charge < -0.3 is 5.32 Å². The molecule has 0 heterocycles. The van der Waals surface area contributed by atoms with Crippen LogP contribution in [-0.2, 0) is 14.8 Å².